The molecule has 0 radical (unpaired) electrons. The van der Waals surface area contributed by atoms with Crippen LogP contribution in [0.2, 0.25) is 0 Å². The molecule has 1 N–H and O–H groups in total. The molecule has 0 atom stereocenters. The smallest absolute Gasteiger partial charge is 0.193 e. The van der Waals surface area contributed by atoms with Gasteiger partial charge in [0.05, 0.1) is 19.2 Å². The summed E-state index contributed by atoms with van der Waals surface area (Å²) in [5.41, 5.74) is 1.20. The molecular weight excluding hydrogens is 348 g/mol. The SMILES string of the molecule is CN=C(NCCc1ncc(C)s1)N(C)CCc1ccc(OC)c(OC)c1. The third-order valence-electron chi connectivity index (χ3n) is 4.05. The molecule has 6 nitrogen and oxygen atoms in total. The van der Waals surface area contributed by atoms with E-state index in [1.165, 1.54) is 10.4 Å². The predicted molar refractivity (Wildman–Crippen MR) is 108 cm³/mol. The molecule has 26 heavy (non-hydrogen) atoms. The van der Waals surface area contributed by atoms with E-state index in [2.05, 4.69) is 33.2 Å². The fraction of sp³-hybridized carbons (Fsp3) is 0.474. The van der Waals surface area contributed by atoms with Crippen LogP contribution in [0.15, 0.2) is 29.4 Å². The maximum Gasteiger partial charge on any atom is 0.193 e. The number of aromatic nitrogens is 1. The highest BCUT2D eigenvalue weighted by Gasteiger charge is 2.09. The summed E-state index contributed by atoms with van der Waals surface area (Å²) < 4.78 is 10.7. The summed E-state index contributed by atoms with van der Waals surface area (Å²) in [6.45, 7) is 3.75. The van der Waals surface area contributed by atoms with Crippen LogP contribution in [0.4, 0.5) is 0 Å². The summed E-state index contributed by atoms with van der Waals surface area (Å²) in [5.74, 6) is 2.40. The maximum atomic E-state index is 5.37. The molecule has 0 saturated heterocycles. The number of nitrogens with zero attached hydrogens (tertiary/aromatic N) is 3. The molecule has 0 aliphatic heterocycles. The van der Waals surface area contributed by atoms with Gasteiger partial charge in [0.25, 0.3) is 0 Å². The number of guanidine groups is 1. The second-order valence-corrected chi connectivity index (χ2v) is 7.27. The van der Waals surface area contributed by atoms with Gasteiger partial charge in [0.1, 0.15) is 0 Å². The summed E-state index contributed by atoms with van der Waals surface area (Å²) in [7, 11) is 7.16. The normalized spacial score (nSPS) is 11.3. The number of methoxy groups -OCH3 is 2. The number of hydrogen-bond donors (Lipinski definition) is 1. The molecule has 2 aromatic rings. The zero-order valence-electron chi connectivity index (χ0n) is 16.2. The number of benzene rings is 1. The Morgan fingerprint density at radius 1 is 1.23 bits per heavy atom. The molecule has 0 unspecified atom stereocenters. The van der Waals surface area contributed by atoms with Crippen molar-refractivity contribution in [1.29, 1.82) is 0 Å². The van der Waals surface area contributed by atoms with Crippen LogP contribution in [0, 0.1) is 6.92 Å². The van der Waals surface area contributed by atoms with E-state index in [-0.39, 0.29) is 0 Å². The van der Waals surface area contributed by atoms with Gasteiger partial charge in [-0.1, -0.05) is 6.07 Å². The first-order chi connectivity index (χ1) is 12.6. The number of thiazole rings is 1. The molecule has 1 heterocycles. The Hall–Kier alpha value is -2.28. The van der Waals surface area contributed by atoms with Crippen molar-refractivity contribution in [3.05, 3.63) is 39.8 Å². The van der Waals surface area contributed by atoms with Gasteiger partial charge in [-0.25, -0.2) is 4.98 Å². The Labute approximate surface area is 159 Å². The molecule has 0 amide bonds. The molecule has 2 rings (SSSR count). The first-order valence-electron chi connectivity index (χ1n) is 8.61. The minimum absolute atomic E-state index is 0.750. The zero-order chi connectivity index (χ0) is 18.9. The van der Waals surface area contributed by atoms with Crippen LogP contribution in [-0.2, 0) is 12.8 Å². The summed E-state index contributed by atoms with van der Waals surface area (Å²) in [6.07, 6.45) is 3.72. The quantitative estimate of drug-likeness (QED) is 0.567. The molecule has 0 aliphatic carbocycles. The Kier molecular flexibility index (Phi) is 7.72. The number of likely N-dealkylation sites (N-methyl/N-ethyl adjacent to an activating group) is 1. The van der Waals surface area contributed by atoms with Gasteiger partial charge in [-0.2, -0.15) is 0 Å². The van der Waals surface area contributed by atoms with Gasteiger partial charge in [-0.05, 0) is 31.0 Å². The highest BCUT2D eigenvalue weighted by atomic mass is 32.1. The van der Waals surface area contributed by atoms with E-state index in [1.807, 2.05) is 32.4 Å². The van der Waals surface area contributed by atoms with Gasteiger partial charge in [-0.15, -0.1) is 11.3 Å². The van der Waals surface area contributed by atoms with Gasteiger partial charge in [0.2, 0.25) is 0 Å². The molecule has 0 spiro atoms. The molecule has 1 aromatic carbocycles. The lowest BCUT2D eigenvalue weighted by molar-refractivity contribution is 0.354. The third kappa shape index (κ3) is 5.62. The molecule has 0 bridgehead atoms. The number of ether oxygens (including phenoxy) is 2. The zero-order valence-corrected chi connectivity index (χ0v) is 17.0. The van der Waals surface area contributed by atoms with E-state index in [1.54, 1.807) is 25.6 Å². The molecule has 1 aromatic heterocycles. The minimum atomic E-state index is 0.750. The van der Waals surface area contributed by atoms with Crippen LogP contribution < -0.4 is 14.8 Å². The van der Waals surface area contributed by atoms with E-state index in [4.69, 9.17) is 9.47 Å². The Bertz CT molecular complexity index is 730. The van der Waals surface area contributed by atoms with Crippen LogP contribution in [0.1, 0.15) is 15.4 Å². The summed E-state index contributed by atoms with van der Waals surface area (Å²) in [5, 5.41) is 4.55. The van der Waals surface area contributed by atoms with Gasteiger partial charge >= 0.3 is 0 Å². The average Bonchev–Trinajstić information content (AvgIpc) is 3.08. The van der Waals surface area contributed by atoms with E-state index in [0.29, 0.717) is 0 Å². The number of aliphatic imine (C=N–C) groups is 1. The van der Waals surface area contributed by atoms with Crippen molar-refractivity contribution < 1.29 is 9.47 Å². The van der Waals surface area contributed by atoms with Crippen molar-refractivity contribution in [1.82, 2.24) is 15.2 Å². The predicted octanol–water partition coefficient (Wildman–Crippen LogP) is 2.76. The second-order valence-electron chi connectivity index (χ2n) is 5.95. The van der Waals surface area contributed by atoms with Crippen molar-refractivity contribution >= 4 is 17.3 Å². The highest BCUT2D eigenvalue weighted by Crippen LogP contribution is 2.27. The minimum Gasteiger partial charge on any atom is -0.493 e. The standard InChI is InChI=1S/C19H28N4O2S/c1-14-13-22-18(26-14)8-10-21-19(20-2)23(3)11-9-15-6-7-16(24-4)17(12-15)25-5/h6-7,12-13H,8-11H2,1-5H3,(H,20,21). The summed E-state index contributed by atoms with van der Waals surface area (Å²) >= 11 is 1.74. The lowest BCUT2D eigenvalue weighted by atomic mass is 10.1. The Morgan fingerprint density at radius 3 is 2.62 bits per heavy atom. The van der Waals surface area contributed by atoms with Gasteiger partial charge in [0.15, 0.2) is 17.5 Å². The maximum absolute atomic E-state index is 5.37. The van der Waals surface area contributed by atoms with Crippen molar-refractivity contribution in [3.63, 3.8) is 0 Å². The van der Waals surface area contributed by atoms with E-state index in [9.17, 15) is 0 Å². The molecule has 7 heteroatoms. The molecular formula is C19H28N4O2S. The van der Waals surface area contributed by atoms with Crippen LogP contribution in [0.5, 0.6) is 11.5 Å². The topological polar surface area (TPSA) is 59.0 Å². The van der Waals surface area contributed by atoms with E-state index in [0.717, 1.165) is 48.4 Å². The van der Waals surface area contributed by atoms with Gasteiger partial charge in [0, 0.05) is 44.7 Å². The van der Waals surface area contributed by atoms with Crippen molar-refractivity contribution in [2.45, 2.75) is 19.8 Å². The van der Waals surface area contributed by atoms with Crippen molar-refractivity contribution in [2.75, 3.05) is 41.4 Å². The first-order valence-corrected chi connectivity index (χ1v) is 9.43. The largest absolute Gasteiger partial charge is 0.493 e. The fourth-order valence-corrected chi connectivity index (χ4v) is 3.41. The monoisotopic (exact) mass is 376 g/mol. The van der Waals surface area contributed by atoms with Crippen LogP contribution in [-0.4, -0.2) is 57.2 Å². The van der Waals surface area contributed by atoms with Crippen molar-refractivity contribution in [3.8, 4) is 11.5 Å². The van der Waals surface area contributed by atoms with E-state index >= 15 is 0 Å². The number of aryl methyl sites for hydroxylation is 1. The van der Waals surface area contributed by atoms with Gasteiger partial charge in [-0.3, -0.25) is 4.99 Å². The number of rotatable bonds is 8. The Balaban J connectivity index is 1.83. The second kappa shape index (κ2) is 10.0. The highest BCUT2D eigenvalue weighted by molar-refractivity contribution is 7.11. The van der Waals surface area contributed by atoms with Gasteiger partial charge < -0.3 is 19.7 Å². The van der Waals surface area contributed by atoms with Crippen LogP contribution in [0.3, 0.4) is 0 Å². The van der Waals surface area contributed by atoms with Crippen molar-refractivity contribution in [2.24, 2.45) is 4.99 Å². The molecule has 0 aliphatic rings. The first kappa shape index (κ1) is 20.0. The average molecular weight is 377 g/mol. The van der Waals surface area contributed by atoms with Crippen LogP contribution >= 0.6 is 11.3 Å². The fourth-order valence-electron chi connectivity index (χ4n) is 2.62. The lowest BCUT2D eigenvalue weighted by Crippen LogP contribution is -2.40. The number of hydrogen-bond acceptors (Lipinski definition) is 5. The third-order valence-corrected chi connectivity index (χ3v) is 5.02. The summed E-state index contributed by atoms with van der Waals surface area (Å²) in [6, 6.07) is 6.03. The lowest BCUT2D eigenvalue weighted by Gasteiger charge is -2.22. The summed E-state index contributed by atoms with van der Waals surface area (Å²) in [4.78, 5) is 12.1. The van der Waals surface area contributed by atoms with E-state index < -0.39 is 0 Å². The number of nitrogens with one attached hydrogen (secondary N) is 1. The Morgan fingerprint density at radius 2 is 2.00 bits per heavy atom. The molecule has 0 saturated carbocycles. The molecule has 0 fully saturated rings. The molecule has 142 valence electrons. The van der Waals surface area contributed by atoms with Crippen LogP contribution in [0.25, 0.3) is 0 Å².